The zero-order valence-corrected chi connectivity index (χ0v) is 19.8. The summed E-state index contributed by atoms with van der Waals surface area (Å²) in [6.45, 7) is 9.48. The fourth-order valence-corrected chi connectivity index (χ4v) is 4.42. The Morgan fingerprint density at radius 1 is 1.37 bits per heavy atom. The van der Waals surface area contributed by atoms with E-state index < -0.39 is 0 Å². The van der Waals surface area contributed by atoms with Crippen LogP contribution in [0.15, 0.2) is 22.5 Å². The summed E-state index contributed by atoms with van der Waals surface area (Å²) in [6, 6.07) is 4.81. The number of rotatable bonds is 8. The van der Waals surface area contributed by atoms with Crippen molar-refractivity contribution in [3.63, 3.8) is 0 Å². The van der Waals surface area contributed by atoms with Gasteiger partial charge in [0.2, 0.25) is 0 Å². The molecule has 2 fully saturated rings. The second-order valence-corrected chi connectivity index (χ2v) is 8.96. The van der Waals surface area contributed by atoms with Crippen molar-refractivity contribution in [3.05, 3.63) is 22.4 Å². The fourth-order valence-electron chi connectivity index (χ4n) is 3.56. The Bertz CT molecular complexity index is 569. The SMILES string of the molecule is CCNC(=NCC1(CO)CC1)NCC(c1cccs1)N1CCC(C)CC1.I. The van der Waals surface area contributed by atoms with Crippen molar-refractivity contribution in [2.45, 2.75) is 45.6 Å². The number of nitrogens with zero attached hydrogens (tertiary/aromatic N) is 2. The molecule has 3 N–H and O–H groups in total. The average molecular weight is 506 g/mol. The second kappa shape index (κ2) is 11.0. The number of guanidine groups is 1. The molecule has 0 radical (unpaired) electrons. The summed E-state index contributed by atoms with van der Waals surface area (Å²) in [6.07, 6.45) is 4.76. The molecular formula is C20H35IN4OS. The lowest BCUT2D eigenvalue weighted by atomic mass is 9.97. The van der Waals surface area contributed by atoms with Crippen molar-refractivity contribution in [2.24, 2.45) is 16.3 Å². The molecule has 0 amide bonds. The highest BCUT2D eigenvalue weighted by Gasteiger charge is 2.41. The molecule has 5 nitrogen and oxygen atoms in total. The normalized spacial score (nSPS) is 21.4. The van der Waals surface area contributed by atoms with Crippen LogP contribution in [0.2, 0.25) is 0 Å². The number of hydrogen-bond donors (Lipinski definition) is 3. The van der Waals surface area contributed by atoms with Gasteiger partial charge >= 0.3 is 0 Å². The molecule has 3 rings (SSSR count). The molecule has 1 saturated heterocycles. The molecule has 2 heterocycles. The zero-order chi connectivity index (χ0) is 18.4. The molecule has 0 spiro atoms. The van der Waals surface area contributed by atoms with E-state index in [0.29, 0.717) is 12.6 Å². The lowest BCUT2D eigenvalue weighted by Gasteiger charge is -2.36. The van der Waals surface area contributed by atoms with Gasteiger partial charge in [0.05, 0.1) is 19.2 Å². The van der Waals surface area contributed by atoms with E-state index in [4.69, 9.17) is 4.99 Å². The van der Waals surface area contributed by atoms with E-state index in [0.717, 1.165) is 37.8 Å². The minimum Gasteiger partial charge on any atom is -0.396 e. The molecule has 0 bridgehead atoms. The van der Waals surface area contributed by atoms with Gasteiger partial charge in [0.15, 0.2) is 5.96 Å². The van der Waals surface area contributed by atoms with Gasteiger partial charge in [-0.05, 0) is 63.1 Å². The van der Waals surface area contributed by atoms with Gasteiger partial charge in [-0.25, -0.2) is 0 Å². The van der Waals surface area contributed by atoms with Crippen molar-refractivity contribution < 1.29 is 5.11 Å². The maximum atomic E-state index is 9.52. The monoisotopic (exact) mass is 506 g/mol. The van der Waals surface area contributed by atoms with Crippen LogP contribution in [0.1, 0.15) is 50.4 Å². The maximum Gasteiger partial charge on any atom is 0.191 e. The first-order chi connectivity index (χ1) is 12.7. The minimum absolute atomic E-state index is 0. The van der Waals surface area contributed by atoms with Crippen LogP contribution in [0, 0.1) is 11.3 Å². The Morgan fingerprint density at radius 2 is 2.11 bits per heavy atom. The minimum atomic E-state index is 0. The van der Waals surface area contributed by atoms with Crippen molar-refractivity contribution in [1.29, 1.82) is 0 Å². The highest BCUT2D eigenvalue weighted by molar-refractivity contribution is 14.0. The highest BCUT2D eigenvalue weighted by Crippen LogP contribution is 2.45. The number of likely N-dealkylation sites (tertiary alicyclic amines) is 1. The third-order valence-electron chi connectivity index (χ3n) is 5.80. The summed E-state index contributed by atoms with van der Waals surface area (Å²) in [7, 11) is 0. The Balaban J connectivity index is 0.00000261. The molecule has 1 saturated carbocycles. The third-order valence-corrected chi connectivity index (χ3v) is 6.78. The summed E-state index contributed by atoms with van der Waals surface area (Å²) in [4.78, 5) is 8.80. The Hall–Kier alpha value is -0.380. The Morgan fingerprint density at radius 3 is 2.67 bits per heavy atom. The molecule has 2 aliphatic rings. The Kier molecular flexibility index (Phi) is 9.31. The van der Waals surface area contributed by atoms with Gasteiger partial charge < -0.3 is 15.7 Å². The number of thiophene rings is 1. The number of hydrogen-bond acceptors (Lipinski definition) is 4. The first kappa shape index (κ1) is 22.9. The van der Waals surface area contributed by atoms with Crippen molar-refractivity contribution in [3.8, 4) is 0 Å². The standard InChI is InChI=1S/C20H34N4OS.HI/c1-3-21-19(23-14-20(15-25)8-9-20)22-13-17(18-5-4-12-26-18)24-10-6-16(2)7-11-24;/h4-5,12,16-17,25H,3,6-11,13-15H2,1-2H3,(H2,21,22,23);1H. The molecule has 0 aromatic carbocycles. The summed E-state index contributed by atoms with van der Waals surface area (Å²) in [5, 5.41) is 18.6. The van der Waals surface area contributed by atoms with E-state index >= 15 is 0 Å². The van der Waals surface area contributed by atoms with E-state index in [-0.39, 0.29) is 36.0 Å². The van der Waals surface area contributed by atoms with Gasteiger partial charge in [0.1, 0.15) is 0 Å². The topological polar surface area (TPSA) is 59.9 Å². The molecule has 27 heavy (non-hydrogen) atoms. The lowest BCUT2D eigenvalue weighted by Crippen LogP contribution is -2.45. The van der Waals surface area contributed by atoms with Crippen LogP contribution in [0.4, 0.5) is 0 Å². The predicted molar refractivity (Wildman–Crippen MR) is 125 cm³/mol. The van der Waals surface area contributed by atoms with Gasteiger partial charge in [-0.1, -0.05) is 13.0 Å². The van der Waals surface area contributed by atoms with E-state index in [1.807, 2.05) is 11.3 Å². The zero-order valence-electron chi connectivity index (χ0n) is 16.6. The molecule has 7 heteroatoms. The van der Waals surface area contributed by atoms with E-state index in [2.05, 4.69) is 46.9 Å². The molecule has 1 atom stereocenters. The van der Waals surface area contributed by atoms with Crippen LogP contribution in [0.25, 0.3) is 0 Å². The number of piperidine rings is 1. The quantitative estimate of drug-likeness (QED) is 0.287. The van der Waals surface area contributed by atoms with Gasteiger partial charge in [-0.3, -0.25) is 9.89 Å². The molecule has 1 aromatic heterocycles. The van der Waals surface area contributed by atoms with Crippen LogP contribution in [-0.2, 0) is 0 Å². The van der Waals surface area contributed by atoms with Crippen LogP contribution in [-0.4, -0.2) is 55.3 Å². The molecular weight excluding hydrogens is 471 g/mol. The molecule has 1 aromatic rings. The summed E-state index contributed by atoms with van der Waals surface area (Å²) in [5.41, 5.74) is 0.0541. The van der Waals surface area contributed by atoms with Crippen molar-refractivity contribution >= 4 is 41.3 Å². The maximum absolute atomic E-state index is 9.52. The van der Waals surface area contributed by atoms with Crippen LogP contribution in [0.3, 0.4) is 0 Å². The van der Waals surface area contributed by atoms with Crippen LogP contribution < -0.4 is 10.6 Å². The third kappa shape index (κ3) is 6.58. The molecule has 1 unspecified atom stereocenters. The van der Waals surface area contributed by atoms with Crippen molar-refractivity contribution in [2.75, 3.05) is 39.3 Å². The molecule has 1 aliphatic heterocycles. The summed E-state index contributed by atoms with van der Waals surface area (Å²) >= 11 is 1.85. The molecule has 1 aliphatic carbocycles. The van der Waals surface area contributed by atoms with E-state index in [1.54, 1.807) is 0 Å². The smallest absolute Gasteiger partial charge is 0.191 e. The van der Waals surface area contributed by atoms with Crippen LogP contribution >= 0.6 is 35.3 Å². The van der Waals surface area contributed by atoms with Gasteiger partial charge in [-0.2, -0.15) is 0 Å². The van der Waals surface area contributed by atoms with Crippen LogP contribution in [0.5, 0.6) is 0 Å². The largest absolute Gasteiger partial charge is 0.396 e. The number of halogens is 1. The number of aliphatic imine (C=N–C) groups is 1. The second-order valence-electron chi connectivity index (χ2n) is 7.98. The number of aliphatic hydroxyl groups is 1. The summed E-state index contributed by atoms with van der Waals surface area (Å²) in [5.74, 6) is 1.72. The first-order valence-corrected chi connectivity index (χ1v) is 10.9. The van der Waals surface area contributed by atoms with Gasteiger partial charge in [0, 0.05) is 23.4 Å². The lowest BCUT2D eigenvalue weighted by molar-refractivity contribution is 0.140. The number of nitrogens with one attached hydrogen (secondary N) is 2. The highest BCUT2D eigenvalue weighted by atomic mass is 127. The fraction of sp³-hybridized carbons (Fsp3) is 0.750. The Labute approximate surface area is 185 Å². The molecule has 154 valence electrons. The van der Waals surface area contributed by atoms with Gasteiger partial charge in [-0.15, -0.1) is 35.3 Å². The van der Waals surface area contributed by atoms with E-state index in [9.17, 15) is 5.11 Å². The first-order valence-electron chi connectivity index (χ1n) is 10.1. The average Bonchev–Trinajstić information content (AvgIpc) is 3.24. The van der Waals surface area contributed by atoms with Gasteiger partial charge in [0.25, 0.3) is 0 Å². The number of aliphatic hydroxyl groups excluding tert-OH is 1. The van der Waals surface area contributed by atoms with Crippen molar-refractivity contribution in [1.82, 2.24) is 15.5 Å². The predicted octanol–water partition coefficient (Wildman–Crippen LogP) is 3.47. The summed E-state index contributed by atoms with van der Waals surface area (Å²) < 4.78 is 0. The van der Waals surface area contributed by atoms with E-state index in [1.165, 1.54) is 30.8 Å².